The van der Waals surface area contributed by atoms with Crippen LogP contribution >= 0.6 is 23.2 Å². The lowest BCUT2D eigenvalue weighted by Crippen LogP contribution is -2.49. The van der Waals surface area contributed by atoms with Crippen LogP contribution in [-0.4, -0.2) is 53.6 Å². The Bertz CT molecular complexity index is 1070. The number of nitrogens with zero attached hydrogens (tertiary/aromatic N) is 4. The smallest absolute Gasteiger partial charge is 0.282 e. The summed E-state index contributed by atoms with van der Waals surface area (Å²) >= 11 is 11.5. The van der Waals surface area contributed by atoms with Crippen molar-refractivity contribution in [2.24, 2.45) is 0 Å². The van der Waals surface area contributed by atoms with Gasteiger partial charge in [0.1, 0.15) is 5.02 Å². The van der Waals surface area contributed by atoms with Crippen LogP contribution in [0, 0.1) is 0 Å². The van der Waals surface area contributed by atoms with Crippen LogP contribution in [0.4, 0.5) is 13.2 Å². The molecule has 0 N–H and O–H groups in total. The molecule has 7 nitrogen and oxygen atoms in total. The molecular formula is C16H15Cl2F3N4O3S. The summed E-state index contributed by atoms with van der Waals surface area (Å²) in [6.45, 7) is 0.690. The van der Waals surface area contributed by atoms with Crippen molar-refractivity contribution in [1.29, 1.82) is 0 Å². The highest BCUT2D eigenvalue weighted by Crippen LogP contribution is 2.31. The summed E-state index contributed by atoms with van der Waals surface area (Å²) in [6, 6.07) is 3.64. The molecule has 0 saturated carbocycles. The molecule has 158 valence electrons. The van der Waals surface area contributed by atoms with Gasteiger partial charge in [-0.15, -0.1) is 0 Å². The van der Waals surface area contributed by atoms with Crippen molar-refractivity contribution in [1.82, 2.24) is 19.0 Å². The fourth-order valence-corrected chi connectivity index (χ4v) is 4.57. The minimum absolute atomic E-state index is 0.0323. The SMILES string of the molecule is O=c1c(Cl)c(Cl)cnn1CN1CCN(S(=O)(=O)c2cccc(C(F)(F)F)c2)CC1. The Balaban J connectivity index is 1.70. The lowest BCUT2D eigenvalue weighted by atomic mass is 10.2. The first kappa shape index (κ1) is 22.0. The molecule has 0 aliphatic carbocycles. The first-order chi connectivity index (χ1) is 13.5. The van der Waals surface area contributed by atoms with Crippen molar-refractivity contribution in [2.45, 2.75) is 17.7 Å². The summed E-state index contributed by atoms with van der Waals surface area (Å²) in [4.78, 5) is 13.4. The van der Waals surface area contributed by atoms with Crippen LogP contribution in [0.15, 0.2) is 40.2 Å². The van der Waals surface area contributed by atoms with Gasteiger partial charge in [0.15, 0.2) is 0 Å². The molecule has 0 unspecified atom stereocenters. The molecule has 0 spiro atoms. The Morgan fingerprint density at radius 1 is 1.10 bits per heavy atom. The maximum atomic E-state index is 12.9. The van der Waals surface area contributed by atoms with E-state index in [0.717, 1.165) is 27.2 Å². The molecule has 1 aromatic heterocycles. The van der Waals surface area contributed by atoms with Gasteiger partial charge >= 0.3 is 6.18 Å². The molecule has 2 heterocycles. The van der Waals surface area contributed by atoms with Gasteiger partial charge in [-0.3, -0.25) is 9.69 Å². The van der Waals surface area contributed by atoms with Gasteiger partial charge in [0, 0.05) is 26.2 Å². The van der Waals surface area contributed by atoms with E-state index in [1.807, 2.05) is 0 Å². The van der Waals surface area contributed by atoms with E-state index in [9.17, 15) is 26.4 Å². The van der Waals surface area contributed by atoms with E-state index in [4.69, 9.17) is 23.2 Å². The van der Waals surface area contributed by atoms with Gasteiger partial charge in [-0.1, -0.05) is 29.3 Å². The minimum atomic E-state index is -4.63. The van der Waals surface area contributed by atoms with E-state index < -0.39 is 32.2 Å². The van der Waals surface area contributed by atoms with Crippen molar-refractivity contribution >= 4 is 33.2 Å². The minimum Gasteiger partial charge on any atom is -0.282 e. The van der Waals surface area contributed by atoms with Crippen LogP contribution < -0.4 is 5.56 Å². The fourth-order valence-electron chi connectivity index (χ4n) is 2.83. The molecule has 0 bridgehead atoms. The predicted octanol–water partition coefficient (Wildman–Crippen LogP) is 2.53. The number of sulfonamides is 1. The third kappa shape index (κ3) is 4.75. The average molecular weight is 471 g/mol. The van der Waals surface area contributed by atoms with Gasteiger partial charge < -0.3 is 0 Å². The van der Waals surface area contributed by atoms with Gasteiger partial charge in [-0.2, -0.15) is 22.6 Å². The van der Waals surface area contributed by atoms with E-state index >= 15 is 0 Å². The summed E-state index contributed by atoms with van der Waals surface area (Å²) in [5, 5.41) is 3.76. The molecule has 1 aliphatic rings. The number of aromatic nitrogens is 2. The summed E-state index contributed by atoms with van der Waals surface area (Å²) in [7, 11) is -4.08. The molecule has 0 atom stereocenters. The largest absolute Gasteiger partial charge is 0.416 e. The first-order valence-electron chi connectivity index (χ1n) is 8.31. The molecule has 13 heteroatoms. The standard InChI is InChI=1S/C16H15Cl2F3N4O3S/c17-13-9-22-25(15(26)14(13)18)10-23-4-6-24(7-5-23)29(27,28)12-3-1-2-11(8-12)16(19,20)21/h1-3,8-9H,4-7,10H2. The quantitative estimate of drug-likeness (QED) is 0.686. The van der Waals surface area contributed by atoms with Crippen molar-refractivity contribution < 1.29 is 21.6 Å². The third-order valence-electron chi connectivity index (χ3n) is 4.41. The van der Waals surface area contributed by atoms with Crippen LogP contribution in [0.25, 0.3) is 0 Å². The number of rotatable bonds is 4. The number of hydrogen-bond acceptors (Lipinski definition) is 5. The van der Waals surface area contributed by atoms with E-state index in [1.54, 1.807) is 4.90 Å². The maximum Gasteiger partial charge on any atom is 0.416 e. The van der Waals surface area contributed by atoms with Gasteiger partial charge in [-0.05, 0) is 18.2 Å². The van der Waals surface area contributed by atoms with Crippen molar-refractivity contribution in [3.8, 4) is 0 Å². The summed E-state index contributed by atoms with van der Waals surface area (Å²) in [5.41, 5.74) is -1.60. The predicted molar refractivity (Wildman–Crippen MR) is 100 cm³/mol. The van der Waals surface area contributed by atoms with Crippen LogP contribution in [0.2, 0.25) is 10.0 Å². The number of alkyl halides is 3. The van der Waals surface area contributed by atoms with Crippen molar-refractivity contribution in [2.75, 3.05) is 26.2 Å². The van der Waals surface area contributed by atoms with Crippen molar-refractivity contribution in [3.63, 3.8) is 0 Å². The molecule has 0 radical (unpaired) electrons. The summed E-state index contributed by atoms with van der Waals surface area (Å²) in [6.07, 6.45) is -3.40. The lowest BCUT2D eigenvalue weighted by Gasteiger charge is -2.33. The van der Waals surface area contributed by atoms with Crippen LogP contribution in [-0.2, 0) is 22.9 Å². The highest BCUT2D eigenvalue weighted by atomic mass is 35.5. The Morgan fingerprint density at radius 2 is 1.76 bits per heavy atom. The Hall–Kier alpha value is -1.66. The normalized spacial score (nSPS) is 16.9. The van der Waals surface area contributed by atoms with Crippen molar-refractivity contribution in [3.05, 3.63) is 56.4 Å². The molecule has 2 aromatic rings. The monoisotopic (exact) mass is 470 g/mol. The molecule has 0 amide bonds. The zero-order valence-electron chi connectivity index (χ0n) is 14.7. The maximum absolute atomic E-state index is 12.9. The summed E-state index contributed by atoms with van der Waals surface area (Å²) in [5.74, 6) is 0. The van der Waals surface area contributed by atoms with E-state index in [-0.39, 0.29) is 42.9 Å². The second-order valence-electron chi connectivity index (χ2n) is 6.30. The second kappa shape index (κ2) is 8.23. The molecule has 3 rings (SSSR count). The third-order valence-corrected chi connectivity index (χ3v) is 7.05. The number of halogens is 5. The highest BCUT2D eigenvalue weighted by Gasteiger charge is 2.34. The van der Waals surface area contributed by atoms with Gasteiger partial charge in [0.2, 0.25) is 10.0 Å². The van der Waals surface area contributed by atoms with Crippen LogP contribution in [0.3, 0.4) is 0 Å². The molecule has 1 aliphatic heterocycles. The number of benzene rings is 1. The highest BCUT2D eigenvalue weighted by molar-refractivity contribution is 7.89. The van der Waals surface area contributed by atoms with E-state index in [2.05, 4.69) is 5.10 Å². The molecule has 1 fully saturated rings. The Kier molecular flexibility index (Phi) is 6.25. The topological polar surface area (TPSA) is 75.5 Å². The Labute approximate surface area is 174 Å². The van der Waals surface area contributed by atoms with Gasteiger partial charge in [0.05, 0.1) is 28.3 Å². The number of piperazine rings is 1. The number of hydrogen-bond donors (Lipinski definition) is 0. The lowest BCUT2D eigenvalue weighted by molar-refractivity contribution is -0.137. The Morgan fingerprint density at radius 3 is 2.38 bits per heavy atom. The molecule has 1 aromatic carbocycles. The van der Waals surface area contributed by atoms with E-state index in [1.165, 1.54) is 6.20 Å². The van der Waals surface area contributed by atoms with E-state index in [0.29, 0.717) is 6.07 Å². The molecular weight excluding hydrogens is 456 g/mol. The van der Waals surface area contributed by atoms with Gasteiger partial charge in [-0.25, -0.2) is 13.1 Å². The van der Waals surface area contributed by atoms with Gasteiger partial charge in [0.25, 0.3) is 5.56 Å². The first-order valence-corrected chi connectivity index (χ1v) is 10.5. The zero-order chi connectivity index (χ0) is 21.4. The fraction of sp³-hybridized carbons (Fsp3) is 0.375. The van der Waals surface area contributed by atoms with Crippen LogP contribution in [0.5, 0.6) is 0 Å². The zero-order valence-corrected chi connectivity index (χ0v) is 17.1. The van der Waals surface area contributed by atoms with Crippen LogP contribution in [0.1, 0.15) is 5.56 Å². The average Bonchev–Trinajstić information content (AvgIpc) is 2.68. The molecule has 1 saturated heterocycles. The summed E-state index contributed by atoms with van der Waals surface area (Å²) < 4.78 is 66.3. The molecule has 29 heavy (non-hydrogen) atoms. The second-order valence-corrected chi connectivity index (χ2v) is 9.02.